The molecule has 2 aromatic carbocycles. The van der Waals surface area contributed by atoms with Gasteiger partial charge in [-0.15, -0.1) is 13.2 Å². The van der Waals surface area contributed by atoms with Crippen LogP contribution >= 0.6 is 0 Å². The highest BCUT2D eigenvalue weighted by atomic mass is 19.4. The van der Waals surface area contributed by atoms with Gasteiger partial charge >= 0.3 is 6.36 Å². The first kappa shape index (κ1) is 18.4. The van der Waals surface area contributed by atoms with Crippen molar-refractivity contribution < 1.29 is 32.5 Å². The first-order valence-electron chi connectivity index (χ1n) is 8.60. The molecule has 0 radical (unpaired) electrons. The number of ether oxygens (including phenoxy) is 3. The lowest BCUT2D eigenvalue weighted by Gasteiger charge is -2.19. The molecular formula is C19H17F3N2O4. The van der Waals surface area contributed by atoms with Crippen molar-refractivity contribution in [2.45, 2.75) is 25.9 Å². The third-order valence-electron chi connectivity index (χ3n) is 4.46. The smallest absolute Gasteiger partial charge is 0.486 e. The summed E-state index contributed by atoms with van der Waals surface area (Å²) in [6.45, 7) is 2.93. The molecule has 0 unspecified atom stereocenters. The van der Waals surface area contributed by atoms with Crippen LogP contribution in [0.25, 0.3) is 11.0 Å². The lowest BCUT2D eigenvalue weighted by atomic mass is 10.1. The van der Waals surface area contributed by atoms with Gasteiger partial charge in [-0.2, -0.15) is 0 Å². The Hall–Kier alpha value is -2.94. The highest BCUT2D eigenvalue weighted by molar-refractivity contribution is 5.80. The van der Waals surface area contributed by atoms with E-state index in [1.165, 1.54) is 24.3 Å². The maximum atomic E-state index is 12.3. The van der Waals surface area contributed by atoms with E-state index in [2.05, 4.69) is 9.72 Å². The van der Waals surface area contributed by atoms with Gasteiger partial charge in [0.2, 0.25) is 0 Å². The molecule has 1 N–H and O–H groups in total. The second-order valence-corrected chi connectivity index (χ2v) is 6.39. The number of rotatable bonds is 4. The lowest BCUT2D eigenvalue weighted by Crippen LogP contribution is -2.17. The Morgan fingerprint density at radius 3 is 2.43 bits per heavy atom. The molecule has 6 nitrogen and oxygen atoms in total. The summed E-state index contributed by atoms with van der Waals surface area (Å²) in [4.78, 5) is 4.49. The van der Waals surface area contributed by atoms with E-state index in [0.29, 0.717) is 41.6 Å². The van der Waals surface area contributed by atoms with E-state index in [0.717, 1.165) is 5.52 Å². The number of hydrogen-bond acceptors (Lipinski definition) is 5. The number of aliphatic hydroxyl groups excluding tert-OH is 1. The van der Waals surface area contributed by atoms with E-state index >= 15 is 0 Å². The number of aliphatic hydroxyl groups is 1. The summed E-state index contributed by atoms with van der Waals surface area (Å²) >= 11 is 0. The number of imidazole rings is 1. The Kier molecular flexibility index (Phi) is 4.54. The minimum atomic E-state index is -4.75. The molecule has 148 valence electrons. The molecule has 28 heavy (non-hydrogen) atoms. The molecule has 1 aromatic heterocycles. The molecule has 1 atom stereocenters. The van der Waals surface area contributed by atoms with Crippen molar-refractivity contribution >= 4 is 11.0 Å². The SMILES string of the molecule is Cc1nc2cc3c(cc2n1C[C@@H](O)c1ccc(OC(F)(F)F)cc1)OCCO3. The molecule has 9 heteroatoms. The van der Waals surface area contributed by atoms with Crippen molar-refractivity contribution in [3.05, 3.63) is 47.8 Å². The second-order valence-electron chi connectivity index (χ2n) is 6.39. The van der Waals surface area contributed by atoms with Crippen LogP contribution in [0, 0.1) is 6.92 Å². The van der Waals surface area contributed by atoms with Gasteiger partial charge in [0.25, 0.3) is 0 Å². The van der Waals surface area contributed by atoms with E-state index in [1.807, 2.05) is 17.6 Å². The predicted octanol–water partition coefficient (Wildman–Crippen LogP) is 3.75. The van der Waals surface area contributed by atoms with Gasteiger partial charge in [-0.25, -0.2) is 4.98 Å². The Morgan fingerprint density at radius 1 is 1.14 bits per heavy atom. The number of benzene rings is 2. The molecule has 0 fully saturated rings. The number of aromatic nitrogens is 2. The van der Waals surface area contributed by atoms with Crippen LogP contribution in [0.1, 0.15) is 17.5 Å². The molecule has 4 rings (SSSR count). The van der Waals surface area contributed by atoms with E-state index in [1.54, 1.807) is 6.07 Å². The molecule has 0 spiro atoms. The first-order chi connectivity index (χ1) is 13.3. The third-order valence-corrected chi connectivity index (χ3v) is 4.46. The van der Waals surface area contributed by atoms with Crippen molar-refractivity contribution in [1.82, 2.24) is 9.55 Å². The average Bonchev–Trinajstić information content (AvgIpc) is 2.93. The molecule has 0 aliphatic carbocycles. The second kappa shape index (κ2) is 6.90. The van der Waals surface area contributed by atoms with Gasteiger partial charge in [-0.1, -0.05) is 12.1 Å². The summed E-state index contributed by atoms with van der Waals surface area (Å²) in [6.07, 6.45) is -5.69. The molecule has 0 bridgehead atoms. The van der Waals surface area contributed by atoms with E-state index < -0.39 is 12.5 Å². The summed E-state index contributed by atoms with van der Waals surface area (Å²) < 4.78 is 53.6. The molecule has 2 heterocycles. The van der Waals surface area contributed by atoms with Crippen molar-refractivity contribution in [1.29, 1.82) is 0 Å². The minimum absolute atomic E-state index is 0.182. The fourth-order valence-electron chi connectivity index (χ4n) is 3.18. The van der Waals surface area contributed by atoms with Crippen LogP contribution in [0.3, 0.4) is 0 Å². The summed E-state index contributed by atoms with van der Waals surface area (Å²) in [7, 11) is 0. The molecule has 1 aliphatic rings. The van der Waals surface area contributed by atoms with Crippen molar-refractivity contribution in [3.8, 4) is 17.2 Å². The van der Waals surface area contributed by atoms with Crippen LogP contribution in [0.15, 0.2) is 36.4 Å². The van der Waals surface area contributed by atoms with Crippen molar-refractivity contribution in [3.63, 3.8) is 0 Å². The fourth-order valence-corrected chi connectivity index (χ4v) is 3.18. The molecule has 3 aromatic rings. The number of nitrogens with zero attached hydrogens (tertiary/aromatic N) is 2. The number of halogens is 3. The summed E-state index contributed by atoms with van der Waals surface area (Å²) in [5.74, 6) is 1.59. The van der Waals surface area contributed by atoms with Crippen LogP contribution in [0.2, 0.25) is 0 Å². The van der Waals surface area contributed by atoms with Crippen molar-refractivity contribution in [2.24, 2.45) is 0 Å². The highest BCUT2D eigenvalue weighted by Crippen LogP contribution is 2.35. The van der Waals surface area contributed by atoms with Crippen LogP contribution in [0.5, 0.6) is 17.2 Å². The van der Waals surface area contributed by atoms with Crippen LogP contribution < -0.4 is 14.2 Å². The topological polar surface area (TPSA) is 65.7 Å². The number of aryl methyl sites for hydroxylation is 1. The van der Waals surface area contributed by atoms with Gasteiger partial charge < -0.3 is 23.9 Å². The molecule has 0 saturated heterocycles. The summed E-state index contributed by atoms with van der Waals surface area (Å²) in [5, 5.41) is 10.6. The zero-order chi connectivity index (χ0) is 19.9. The summed E-state index contributed by atoms with van der Waals surface area (Å²) in [6, 6.07) is 8.76. The van der Waals surface area contributed by atoms with Gasteiger partial charge in [0.15, 0.2) is 11.5 Å². The number of alkyl halides is 3. The monoisotopic (exact) mass is 394 g/mol. The Labute approximate surface area is 158 Å². The molecule has 0 saturated carbocycles. The highest BCUT2D eigenvalue weighted by Gasteiger charge is 2.31. The van der Waals surface area contributed by atoms with Gasteiger partial charge in [-0.3, -0.25) is 0 Å². The maximum Gasteiger partial charge on any atom is 0.573 e. The quantitative estimate of drug-likeness (QED) is 0.730. The maximum absolute atomic E-state index is 12.3. The first-order valence-corrected chi connectivity index (χ1v) is 8.60. The minimum Gasteiger partial charge on any atom is -0.486 e. The zero-order valence-electron chi connectivity index (χ0n) is 14.9. The fraction of sp³-hybridized carbons (Fsp3) is 0.316. The number of hydrogen-bond donors (Lipinski definition) is 1. The van der Waals surface area contributed by atoms with Crippen LogP contribution in [0.4, 0.5) is 13.2 Å². The van der Waals surface area contributed by atoms with Gasteiger partial charge in [0.1, 0.15) is 24.8 Å². The number of fused-ring (bicyclic) bond motifs is 2. The Morgan fingerprint density at radius 2 is 1.79 bits per heavy atom. The predicted molar refractivity (Wildman–Crippen MR) is 93.5 cm³/mol. The average molecular weight is 394 g/mol. The third kappa shape index (κ3) is 3.70. The van der Waals surface area contributed by atoms with Gasteiger partial charge in [-0.05, 0) is 24.6 Å². The Bertz CT molecular complexity index is 999. The van der Waals surface area contributed by atoms with Gasteiger partial charge in [0, 0.05) is 12.1 Å². The van der Waals surface area contributed by atoms with Crippen LogP contribution in [-0.4, -0.2) is 34.2 Å². The lowest BCUT2D eigenvalue weighted by molar-refractivity contribution is -0.274. The van der Waals surface area contributed by atoms with E-state index in [9.17, 15) is 18.3 Å². The van der Waals surface area contributed by atoms with E-state index in [-0.39, 0.29) is 12.3 Å². The molecule has 0 amide bonds. The Balaban J connectivity index is 1.58. The molecular weight excluding hydrogens is 377 g/mol. The largest absolute Gasteiger partial charge is 0.573 e. The zero-order valence-corrected chi connectivity index (χ0v) is 14.9. The van der Waals surface area contributed by atoms with Crippen LogP contribution in [-0.2, 0) is 6.54 Å². The standard InChI is InChI=1S/C19H17F3N2O4/c1-11-23-14-8-17-18(27-7-6-26-17)9-15(14)24(11)10-16(25)12-2-4-13(5-3-12)28-19(20,21)22/h2-5,8-9,16,25H,6-7,10H2,1H3/t16-/m1/s1. The van der Waals surface area contributed by atoms with Crippen molar-refractivity contribution in [2.75, 3.05) is 13.2 Å². The van der Waals surface area contributed by atoms with Gasteiger partial charge in [0.05, 0.1) is 23.7 Å². The molecule has 1 aliphatic heterocycles. The summed E-state index contributed by atoms with van der Waals surface area (Å²) in [5.41, 5.74) is 1.95. The van der Waals surface area contributed by atoms with E-state index in [4.69, 9.17) is 9.47 Å². The normalized spacial score (nSPS) is 14.9.